The van der Waals surface area contributed by atoms with Gasteiger partial charge in [-0.3, -0.25) is 9.78 Å². The van der Waals surface area contributed by atoms with Gasteiger partial charge in [0.15, 0.2) is 11.6 Å². The Bertz CT molecular complexity index is 705. The minimum absolute atomic E-state index is 0.0427. The predicted molar refractivity (Wildman–Crippen MR) is 84.5 cm³/mol. The Labute approximate surface area is 134 Å². The molecule has 4 nitrogen and oxygen atoms in total. The van der Waals surface area contributed by atoms with Crippen LogP contribution in [0.4, 0.5) is 4.39 Å². The third kappa shape index (κ3) is 3.67. The number of aromatic nitrogens is 1. The van der Waals surface area contributed by atoms with Crippen LogP contribution in [0.15, 0.2) is 42.7 Å². The van der Waals surface area contributed by atoms with Crippen LogP contribution in [0.25, 0.3) is 0 Å². The number of carbonyl (C=O) groups is 1. The van der Waals surface area contributed by atoms with Crippen molar-refractivity contribution in [3.05, 3.63) is 54.1 Å². The number of halogens is 1. The second kappa shape index (κ2) is 6.36. The molecule has 0 saturated heterocycles. The van der Waals surface area contributed by atoms with Crippen LogP contribution < -0.4 is 10.1 Å². The second-order valence-electron chi connectivity index (χ2n) is 6.03. The van der Waals surface area contributed by atoms with Crippen LogP contribution in [-0.2, 0) is 4.79 Å². The maximum atomic E-state index is 14.2. The molecule has 1 aromatic heterocycles. The summed E-state index contributed by atoms with van der Waals surface area (Å²) < 4.78 is 19.7. The van der Waals surface area contributed by atoms with Crippen molar-refractivity contribution in [1.29, 1.82) is 0 Å². The van der Waals surface area contributed by atoms with Crippen LogP contribution in [0.1, 0.15) is 31.9 Å². The Hall–Kier alpha value is -2.43. The zero-order valence-electron chi connectivity index (χ0n) is 13.1. The molecular weight excluding hydrogens is 295 g/mol. The fourth-order valence-electron chi connectivity index (χ4n) is 2.49. The molecule has 1 heterocycles. The zero-order chi connectivity index (χ0) is 16.4. The molecule has 1 aliphatic rings. The number of benzene rings is 1. The number of rotatable bonds is 5. The Morgan fingerprint density at radius 3 is 2.83 bits per heavy atom. The molecule has 1 aliphatic carbocycles. The van der Waals surface area contributed by atoms with Gasteiger partial charge in [0.2, 0.25) is 5.91 Å². The highest BCUT2D eigenvalue weighted by molar-refractivity contribution is 5.81. The SMILES string of the molecule is C[C@H](NC(=O)[C@H]1C[C@@H]1C)c1ccc(Oc2cccnc2)c(F)c1. The van der Waals surface area contributed by atoms with E-state index in [1.807, 2.05) is 6.92 Å². The highest BCUT2D eigenvalue weighted by atomic mass is 19.1. The quantitative estimate of drug-likeness (QED) is 0.912. The summed E-state index contributed by atoms with van der Waals surface area (Å²) in [5.41, 5.74) is 0.711. The molecule has 0 bridgehead atoms. The first-order chi connectivity index (χ1) is 11.0. The van der Waals surface area contributed by atoms with Crippen molar-refractivity contribution in [1.82, 2.24) is 10.3 Å². The minimum atomic E-state index is -0.466. The van der Waals surface area contributed by atoms with E-state index in [9.17, 15) is 9.18 Å². The lowest BCUT2D eigenvalue weighted by Gasteiger charge is -2.15. The zero-order valence-corrected chi connectivity index (χ0v) is 13.1. The van der Waals surface area contributed by atoms with Gasteiger partial charge in [0, 0.05) is 12.1 Å². The van der Waals surface area contributed by atoms with E-state index in [2.05, 4.69) is 17.2 Å². The van der Waals surface area contributed by atoms with Crippen LogP contribution in [0, 0.1) is 17.7 Å². The van der Waals surface area contributed by atoms with Crippen LogP contribution >= 0.6 is 0 Å². The molecule has 0 radical (unpaired) electrons. The third-order valence-electron chi connectivity index (χ3n) is 4.12. The van der Waals surface area contributed by atoms with Gasteiger partial charge in [-0.15, -0.1) is 0 Å². The highest BCUT2D eigenvalue weighted by Crippen LogP contribution is 2.38. The molecule has 1 saturated carbocycles. The van der Waals surface area contributed by atoms with E-state index in [4.69, 9.17) is 4.74 Å². The predicted octanol–water partition coefficient (Wildman–Crippen LogP) is 3.85. The van der Waals surface area contributed by atoms with E-state index in [1.54, 1.807) is 30.5 Å². The van der Waals surface area contributed by atoms with Crippen LogP contribution in [0.3, 0.4) is 0 Å². The average Bonchev–Trinajstić information content (AvgIpc) is 3.27. The van der Waals surface area contributed by atoms with Crippen molar-refractivity contribution in [2.45, 2.75) is 26.3 Å². The van der Waals surface area contributed by atoms with Crippen molar-refractivity contribution < 1.29 is 13.9 Å². The van der Waals surface area contributed by atoms with E-state index in [0.29, 0.717) is 17.2 Å². The lowest BCUT2D eigenvalue weighted by molar-refractivity contribution is -0.123. The summed E-state index contributed by atoms with van der Waals surface area (Å²) in [7, 11) is 0. The molecule has 3 atom stereocenters. The number of ether oxygens (including phenoxy) is 1. The van der Waals surface area contributed by atoms with Gasteiger partial charge in [-0.05, 0) is 49.1 Å². The molecule has 1 aromatic carbocycles. The van der Waals surface area contributed by atoms with Gasteiger partial charge < -0.3 is 10.1 Å². The smallest absolute Gasteiger partial charge is 0.223 e. The van der Waals surface area contributed by atoms with Gasteiger partial charge in [0.1, 0.15) is 5.75 Å². The van der Waals surface area contributed by atoms with Crippen LogP contribution in [0.2, 0.25) is 0 Å². The Morgan fingerprint density at radius 2 is 2.22 bits per heavy atom. The van der Waals surface area contributed by atoms with Crippen molar-refractivity contribution in [3.8, 4) is 11.5 Å². The average molecular weight is 314 g/mol. The van der Waals surface area contributed by atoms with Crippen LogP contribution in [-0.4, -0.2) is 10.9 Å². The molecule has 0 aliphatic heterocycles. The van der Waals surface area contributed by atoms with Crippen molar-refractivity contribution in [2.75, 3.05) is 0 Å². The fraction of sp³-hybridized carbons (Fsp3) is 0.333. The molecule has 0 spiro atoms. The van der Waals surface area contributed by atoms with E-state index in [1.165, 1.54) is 12.3 Å². The summed E-state index contributed by atoms with van der Waals surface area (Å²) in [6, 6.07) is 7.92. The van der Waals surface area contributed by atoms with Gasteiger partial charge in [-0.25, -0.2) is 4.39 Å². The molecular formula is C18H19FN2O2. The monoisotopic (exact) mass is 314 g/mol. The van der Waals surface area contributed by atoms with E-state index < -0.39 is 5.82 Å². The molecule has 1 amide bonds. The standard InChI is InChI=1S/C18H19FN2O2/c1-11-8-15(11)18(22)21-12(2)13-5-6-17(16(19)9-13)23-14-4-3-7-20-10-14/h3-7,9-12,15H,8H2,1-2H3,(H,21,22)/t11-,12-,15-/m0/s1. The fourth-order valence-corrected chi connectivity index (χ4v) is 2.49. The third-order valence-corrected chi connectivity index (χ3v) is 4.12. The largest absolute Gasteiger partial charge is 0.453 e. The highest BCUT2D eigenvalue weighted by Gasteiger charge is 2.39. The van der Waals surface area contributed by atoms with Gasteiger partial charge in [-0.2, -0.15) is 0 Å². The summed E-state index contributed by atoms with van der Waals surface area (Å²) in [5.74, 6) is 0.748. The Balaban J connectivity index is 1.67. The van der Waals surface area contributed by atoms with Crippen molar-refractivity contribution in [2.24, 2.45) is 11.8 Å². The van der Waals surface area contributed by atoms with E-state index in [-0.39, 0.29) is 23.6 Å². The minimum Gasteiger partial charge on any atom is -0.453 e. The van der Waals surface area contributed by atoms with E-state index in [0.717, 1.165) is 6.42 Å². The normalized spacial score (nSPS) is 20.7. The second-order valence-corrected chi connectivity index (χ2v) is 6.03. The number of hydrogen-bond acceptors (Lipinski definition) is 3. The van der Waals surface area contributed by atoms with Crippen LogP contribution in [0.5, 0.6) is 11.5 Å². The molecule has 23 heavy (non-hydrogen) atoms. The number of hydrogen-bond donors (Lipinski definition) is 1. The molecule has 120 valence electrons. The Morgan fingerprint density at radius 1 is 1.43 bits per heavy atom. The topological polar surface area (TPSA) is 51.2 Å². The van der Waals surface area contributed by atoms with Crippen molar-refractivity contribution in [3.63, 3.8) is 0 Å². The van der Waals surface area contributed by atoms with Crippen molar-refractivity contribution >= 4 is 5.91 Å². The summed E-state index contributed by atoms with van der Waals surface area (Å²) in [6.45, 7) is 3.90. The number of nitrogens with zero attached hydrogens (tertiary/aromatic N) is 1. The van der Waals surface area contributed by atoms with Gasteiger partial charge >= 0.3 is 0 Å². The lowest BCUT2D eigenvalue weighted by Crippen LogP contribution is -2.28. The maximum Gasteiger partial charge on any atom is 0.223 e. The maximum absolute atomic E-state index is 14.2. The first-order valence-corrected chi connectivity index (χ1v) is 7.72. The number of pyridine rings is 1. The van der Waals surface area contributed by atoms with Gasteiger partial charge in [-0.1, -0.05) is 13.0 Å². The molecule has 2 aromatic rings. The first-order valence-electron chi connectivity index (χ1n) is 7.72. The molecule has 1 N–H and O–H groups in total. The van der Waals surface area contributed by atoms with E-state index >= 15 is 0 Å². The van der Waals surface area contributed by atoms with Gasteiger partial charge in [0.25, 0.3) is 0 Å². The molecule has 5 heteroatoms. The summed E-state index contributed by atoms with van der Waals surface area (Å²) in [4.78, 5) is 15.9. The number of amides is 1. The first kappa shape index (κ1) is 15.5. The summed E-state index contributed by atoms with van der Waals surface area (Å²) in [6.07, 6.45) is 4.08. The number of carbonyl (C=O) groups excluding carboxylic acids is 1. The number of nitrogens with one attached hydrogen (secondary N) is 1. The summed E-state index contributed by atoms with van der Waals surface area (Å²) in [5, 5.41) is 2.93. The molecule has 0 unspecified atom stereocenters. The molecule has 1 fully saturated rings. The molecule has 3 rings (SSSR count). The lowest BCUT2D eigenvalue weighted by atomic mass is 10.1. The summed E-state index contributed by atoms with van der Waals surface area (Å²) >= 11 is 0. The van der Waals surface area contributed by atoms with Gasteiger partial charge in [0.05, 0.1) is 12.2 Å². The Kier molecular flexibility index (Phi) is 4.28.